The van der Waals surface area contributed by atoms with Crippen molar-refractivity contribution in [3.63, 3.8) is 0 Å². The average Bonchev–Trinajstić information content (AvgIpc) is 3.15. The molecule has 0 aliphatic heterocycles. The lowest BCUT2D eigenvalue weighted by Gasteiger charge is -2.29. The van der Waals surface area contributed by atoms with Crippen LogP contribution in [0.5, 0.6) is 11.5 Å². The Bertz CT molecular complexity index is 660. The molecule has 1 aromatic heterocycles. The highest BCUT2D eigenvalue weighted by atomic mass is 35.5. The number of rotatable bonds is 7. The van der Waals surface area contributed by atoms with Crippen molar-refractivity contribution in [2.24, 2.45) is 0 Å². The minimum atomic E-state index is 0. The molecule has 0 saturated carbocycles. The number of ether oxygens (including phenoxy) is 2. The van der Waals surface area contributed by atoms with Crippen LogP contribution in [0.15, 0.2) is 29.6 Å². The normalized spacial score (nSPS) is 17.3. The summed E-state index contributed by atoms with van der Waals surface area (Å²) in [4.78, 5) is 1.48. The number of likely N-dealkylation sites (N-methyl/N-ethyl adjacent to an activating group) is 1. The Morgan fingerprint density at radius 2 is 2.00 bits per heavy atom. The lowest BCUT2D eigenvalue weighted by molar-refractivity contribution is 0.352. The van der Waals surface area contributed by atoms with Crippen molar-refractivity contribution in [2.75, 3.05) is 27.8 Å². The second kappa shape index (κ2) is 9.46. The van der Waals surface area contributed by atoms with E-state index in [9.17, 15) is 0 Å². The van der Waals surface area contributed by atoms with Gasteiger partial charge in [-0.3, -0.25) is 0 Å². The highest BCUT2D eigenvalue weighted by Crippen LogP contribution is 2.43. The molecule has 0 radical (unpaired) electrons. The van der Waals surface area contributed by atoms with E-state index in [4.69, 9.17) is 9.47 Å². The maximum Gasteiger partial charge on any atom is 0.161 e. The van der Waals surface area contributed by atoms with Gasteiger partial charge >= 0.3 is 0 Å². The minimum absolute atomic E-state index is 0. The Kier molecular flexibility index (Phi) is 7.60. The molecule has 0 fully saturated rings. The molecule has 3 nitrogen and oxygen atoms in total. The van der Waals surface area contributed by atoms with Gasteiger partial charge in [0.15, 0.2) is 11.5 Å². The van der Waals surface area contributed by atoms with Crippen molar-refractivity contribution in [1.29, 1.82) is 0 Å². The third kappa shape index (κ3) is 4.49. The molecular formula is C20H28ClNO2S. The monoisotopic (exact) mass is 381 g/mol. The van der Waals surface area contributed by atoms with Crippen molar-refractivity contribution in [2.45, 2.75) is 37.5 Å². The number of halogens is 1. The average molecular weight is 382 g/mol. The van der Waals surface area contributed by atoms with Crippen molar-refractivity contribution >= 4 is 23.7 Å². The van der Waals surface area contributed by atoms with Gasteiger partial charge in [0.05, 0.1) is 14.2 Å². The van der Waals surface area contributed by atoms with E-state index in [0.29, 0.717) is 11.8 Å². The summed E-state index contributed by atoms with van der Waals surface area (Å²) in [6, 6.07) is 8.82. The van der Waals surface area contributed by atoms with Crippen LogP contribution in [0, 0.1) is 0 Å². The lowest BCUT2D eigenvalue weighted by atomic mass is 9.77. The third-order valence-corrected chi connectivity index (χ3v) is 6.08. The van der Waals surface area contributed by atoms with Crippen molar-refractivity contribution in [3.05, 3.63) is 45.6 Å². The molecule has 1 aliphatic rings. The number of aryl methyl sites for hydroxylation is 1. The van der Waals surface area contributed by atoms with E-state index in [2.05, 4.69) is 35.0 Å². The molecule has 3 rings (SSSR count). The van der Waals surface area contributed by atoms with Gasteiger partial charge in [0.2, 0.25) is 0 Å². The molecule has 138 valence electrons. The molecule has 2 aromatic rings. The Morgan fingerprint density at radius 1 is 1.24 bits per heavy atom. The van der Waals surface area contributed by atoms with Crippen LogP contribution in [0.4, 0.5) is 0 Å². The van der Waals surface area contributed by atoms with Gasteiger partial charge in [-0.2, -0.15) is 0 Å². The Labute approximate surface area is 161 Å². The predicted octanol–water partition coefficient (Wildman–Crippen LogP) is 5.00. The molecule has 0 amide bonds. The first-order valence-electron chi connectivity index (χ1n) is 8.69. The van der Waals surface area contributed by atoms with Crippen LogP contribution in [0.2, 0.25) is 0 Å². The van der Waals surface area contributed by atoms with Crippen LogP contribution in [0.3, 0.4) is 0 Å². The van der Waals surface area contributed by atoms with Crippen molar-refractivity contribution in [3.8, 4) is 11.5 Å². The van der Waals surface area contributed by atoms with Gasteiger partial charge in [-0.15, -0.1) is 23.7 Å². The summed E-state index contributed by atoms with van der Waals surface area (Å²) >= 11 is 1.87. The molecule has 1 heterocycles. The molecular weight excluding hydrogens is 354 g/mol. The lowest BCUT2D eigenvalue weighted by Crippen LogP contribution is -2.20. The van der Waals surface area contributed by atoms with Crippen LogP contribution < -0.4 is 14.8 Å². The third-order valence-electron chi connectivity index (χ3n) is 5.05. The maximum absolute atomic E-state index is 5.54. The van der Waals surface area contributed by atoms with Gasteiger partial charge in [-0.25, -0.2) is 0 Å². The summed E-state index contributed by atoms with van der Waals surface area (Å²) in [5.41, 5.74) is 2.88. The second-order valence-corrected chi connectivity index (χ2v) is 7.48. The van der Waals surface area contributed by atoms with Gasteiger partial charge in [0.1, 0.15) is 0 Å². The summed E-state index contributed by atoms with van der Waals surface area (Å²) in [6.45, 7) is 1.03. The van der Waals surface area contributed by atoms with E-state index < -0.39 is 0 Å². The summed E-state index contributed by atoms with van der Waals surface area (Å²) in [5, 5.41) is 5.55. The topological polar surface area (TPSA) is 30.5 Å². The number of hydrogen-bond donors (Lipinski definition) is 1. The molecule has 2 atom stereocenters. The van der Waals surface area contributed by atoms with E-state index in [1.165, 1.54) is 35.3 Å². The second-order valence-electron chi connectivity index (χ2n) is 6.50. The van der Waals surface area contributed by atoms with E-state index >= 15 is 0 Å². The summed E-state index contributed by atoms with van der Waals surface area (Å²) < 4.78 is 11.0. The van der Waals surface area contributed by atoms with Gasteiger partial charge in [0.25, 0.3) is 0 Å². The van der Waals surface area contributed by atoms with Crippen LogP contribution in [-0.4, -0.2) is 27.8 Å². The number of methoxy groups -OCH3 is 2. The molecule has 0 spiro atoms. The Balaban J connectivity index is 0.00000225. The Morgan fingerprint density at radius 3 is 2.64 bits per heavy atom. The summed E-state index contributed by atoms with van der Waals surface area (Å²) in [6.07, 6.45) is 4.84. The first-order chi connectivity index (χ1) is 11.8. The summed E-state index contributed by atoms with van der Waals surface area (Å²) in [5.74, 6) is 2.86. The standard InChI is InChI=1S/C20H27NO2S.ClH/c1-21-13-16(20-8-5-9-24-20)10-14-6-4-7-15-11-18(22-2)19(23-3)12-17(14)15;/h5,8-9,11-12,14,16,21H,4,6-7,10,13H2,1-3H3;1H. The van der Waals surface area contributed by atoms with E-state index in [1.54, 1.807) is 14.2 Å². The zero-order valence-electron chi connectivity index (χ0n) is 15.2. The number of thiophene rings is 1. The molecule has 0 bridgehead atoms. The molecule has 1 N–H and O–H groups in total. The molecule has 1 aliphatic carbocycles. The van der Waals surface area contributed by atoms with E-state index in [-0.39, 0.29) is 12.4 Å². The minimum Gasteiger partial charge on any atom is -0.493 e. The zero-order chi connectivity index (χ0) is 16.9. The quantitative estimate of drug-likeness (QED) is 0.732. The fourth-order valence-corrected chi connectivity index (χ4v) is 4.73. The van der Waals surface area contributed by atoms with Crippen molar-refractivity contribution < 1.29 is 9.47 Å². The number of fused-ring (bicyclic) bond motifs is 1. The molecule has 1 aromatic carbocycles. The molecule has 5 heteroatoms. The van der Waals surface area contributed by atoms with Crippen LogP contribution in [0.25, 0.3) is 0 Å². The van der Waals surface area contributed by atoms with Crippen molar-refractivity contribution in [1.82, 2.24) is 5.32 Å². The number of benzene rings is 1. The SMILES string of the molecule is CNCC(CC1CCCc2cc(OC)c(OC)cc21)c1cccs1.Cl. The fraction of sp³-hybridized carbons (Fsp3) is 0.500. The predicted molar refractivity (Wildman–Crippen MR) is 108 cm³/mol. The highest BCUT2D eigenvalue weighted by Gasteiger charge is 2.26. The van der Waals surface area contributed by atoms with Gasteiger partial charge < -0.3 is 14.8 Å². The first-order valence-corrected chi connectivity index (χ1v) is 9.57. The zero-order valence-corrected chi connectivity index (χ0v) is 16.8. The van der Waals surface area contributed by atoms with E-state index in [0.717, 1.165) is 24.5 Å². The smallest absolute Gasteiger partial charge is 0.161 e. The Hall–Kier alpha value is -1.23. The number of hydrogen-bond acceptors (Lipinski definition) is 4. The van der Waals surface area contributed by atoms with Gasteiger partial charge in [-0.1, -0.05) is 6.07 Å². The van der Waals surface area contributed by atoms with Crippen LogP contribution >= 0.6 is 23.7 Å². The van der Waals surface area contributed by atoms with E-state index in [1.807, 2.05) is 18.4 Å². The van der Waals surface area contributed by atoms with Gasteiger partial charge in [0, 0.05) is 17.3 Å². The maximum atomic E-state index is 5.54. The molecule has 0 saturated heterocycles. The molecule has 25 heavy (non-hydrogen) atoms. The van der Waals surface area contributed by atoms with Crippen LogP contribution in [-0.2, 0) is 6.42 Å². The highest BCUT2D eigenvalue weighted by molar-refractivity contribution is 7.10. The van der Waals surface area contributed by atoms with Crippen LogP contribution in [0.1, 0.15) is 47.1 Å². The summed E-state index contributed by atoms with van der Waals surface area (Å²) in [7, 11) is 5.48. The number of nitrogens with one attached hydrogen (secondary N) is 1. The first kappa shape index (κ1) is 20.1. The largest absolute Gasteiger partial charge is 0.493 e. The van der Waals surface area contributed by atoms with Gasteiger partial charge in [-0.05, 0) is 73.4 Å². The molecule has 2 unspecified atom stereocenters. The fourth-order valence-electron chi connectivity index (χ4n) is 3.89.